The summed E-state index contributed by atoms with van der Waals surface area (Å²) in [6, 6.07) is 7.63. The Labute approximate surface area is 173 Å². The third-order valence-electron chi connectivity index (χ3n) is 6.18. The monoisotopic (exact) mass is 396 g/mol. The molecule has 2 amide bonds. The lowest BCUT2D eigenvalue weighted by Crippen LogP contribution is -2.41. The van der Waals surface area contributed by atoms with Crippen LogP contribution in [-0.2, 0) is 6.54 Å². The number of urea groups is 1. The van der Waals surface area contributed by atoms with E-state index >= 15 is 0 Å². The molecule has 0 radical (unpaired) electrons. The van der Waals surface area contributed by atoms with Gasteiger partial charge in [-0.3, -0.25) is 10.3 Å². The fraction of sp³-hybridized carbons (Fsp3) is 0.591. The van der Waals surface area contributed by atoms with Crippen molar-refractivity contribution in [1.82, 2.24) is 24.6 Å². The number of amides is 2. The number of piperidine rings is 1. The number of carbonyl (C=O) groups excluding carboxylic acids is 1. The van der Waals surface area contributed by atoms with Crippen molar-refractivity contribution in [2.75, 3.05) is 38.0 Å². The van der Waals surface area contributed by atoms with E-state index < -0.39 is 0 Å². The largest absolute Gasteiger partial charge is 0.324 e. The lowest BCUT2D eigenvalue weighted by molar-refractivity contribution is 0.177. The molecule has 0 aromatic carbocycles. The van der Waals surface area contributed by atoms with E-state index in [1.807, 2.05) is 29.2 Å². The van der Waals surface area contributed by atoms with E-state index in [1.165, 1.54) is 45.3 Å². The maximum absolute atomic E-state index is 12.7. The number of nitrogens with zero attached hydrogens (tertiary/aromatic N) is 5. The predicted octanol–water partition coefficient (Wildman–Crippen LogP) is 3.45. The van der Waals surface area contributed by atoms with E-state index in [0.717, 1.165) is 37.5 Å². The first kappa shape index (κ1) is 19.9. The van der Waals surface area contributed by atoms with Gasteiger partial charge in [-0.25, -0.2) is 9.48 Å². The molecule has 0 saturated carbocycles. The van der Waals surface area contributed by atoms with Crippen molar-refractivity contribution in [3.05, 3.63) is 42.4 Å². The Kier molecular flexibility index (Phi) is 6.77. The molecular weight excluding hydrogens is 364 g/mol. The Morgan fingerprint density at radius 3 is 2.66 bits per heavy atom. The van der Waals surface area contributed by atoms with E-state index in [2.05, 4.69) is 20.3 Å². The second-order valence-corrected chi connectivity index (χ2v) is 8.25. The van der Waals surface area contributed by atoms with Gasteiger partial charge in [0.2, 0.25) is 0 Å². The van der Waals surface area contributed by atoms with Crippen LogP contribution in [0.2, 0.25) is 0 Å². The van der Waals surface area contributed by atoms with Crippen molar-refractivity contribution in [2.24, 2.45) is 5.92 Å². The molecular formula is C22H32N6O. The summed E-state index contributed by atoms with van der Waals surface area (Å²) in [4.78, 5) is 21.6. The smallest absolute Gasteiger partial charge is 0.322 e. The lowest BCUT2D eigenvalue weighted by atomic mass is 9.92. The highest BCUT2D eigenvalue weighted by atomic mass is 16.2. The first-order valence-corrected chi connectivity index (χ1v) is 11.0. The number of aromatic nitrogens is 3. The van der Waals surface area contributed by atoms with Crippen molar-refractivity contribution in [2.45, 2.75) is 45.1 Å². The number of hydrogen-bond donors (Lipinski definition) is 1. The molecule has 156 valence electrons. The first-order valence-electron chi connectivity index (χ1n) is 11.0. The molecule has 4 rings (SSSR count). The Bertz CT molecular complexity index is 763. The van der Waals surface area contributed by atoms with Crippen molar-refractivity contribution in [3.8, 4) is 0 Å². The standard InChI is InChI=1S/C22H32N6O/c29-22(25-21-8-12-24-28(21)18-20-7-1-2-11-23-20)27-16-9-19(10-17-27)6-5-15-26-13-3-4-14-26/h1-2,7-8,11-12,19H,3-6,9-10,13-18H2,(H,25,29). The number of nitrogens with one attached hydrogen (secondary N) is 1. The second kappa shape index (κ2) is 9.87. The molecule has 2 aliphatic heterocycles. The van der Waals surface area contributed by atoms with Gasteiger partial charge in [0.15, 0.2) is 0 Å². The molecule has 1 N–H and O–H groups in total. The van der Waals surface area contributed by atoms with E-state index in [1.54, 1.807) is 17.1 Å². The zero-order chi connectivity index (χ0) is 19.9. The minimum absolute atomic E-state index is 0.0247. The first-order chi connectivity index (χ1) is 14.3. The summed E-state index contributed by atoms with van der Waals surface area (Å²) in [5.74, 6) is 1.48. The van der Waals surface area contributed by atoms with E-state index in [-0.39, 0.29) is 6.03 Å². The number of anilines is 1. The average molecular weight is 397 g/mol. The Hall–Kier alpha value is -2.41. The fourth-order valence-electron chi connectivity index (χ4n) is 4.43. The molecule has 0 unspecified atom stereocenters. The van der Waals surface area contributed by atoms with Crippen molar-refractivity contribution in [1.29, 1.82) is 0 Å². The van der Waals surface area contributed by atoms with Gasteiger partial charge in [0.1, 0.15) is 5.82 Å². The lowest BCUT2D eigenvalue weighted by Gasteiger charge is -2.32. The summed E-state index contributed by atoms with van der Waals surface area (Å²) in [5.41, 5.74) is 0.918. The van der Waals surface area contributed by atoms with Gasteiger partial charge >= 0.3 is 6.03 Å². The van der Waals surface area contributed by atoms with Crippen molar-refractivity contribution >= 4 is 11.8 Å². The fourth-order valence-corrected chi connectivity index (χ4v) is 4.43. The Morgan fingerprint density at radius 2 is 1.90 bits per heavy atom. The van der Waals surface area contributed by atoms with Gasteiger partial charge in [0.05, 0.1) is 18.4 Å². The zero-order valence-corrected chi connectivity index (χ0v) is 17.2. The molecule has 2 fully saturated rings. The number of hydrogen-bond acceptors (Lipinski definition) is 4. The van der Waals surface area contributed by atoms with Gasteiger partial charge in [-0.1, -0.05) is 6.07 Å². The van der Waals surface area contributed by atoms with E-state index in [0.29, 0.717) is 12.4 Å². The summed E-state index contributed by atoms with van der Waals surface area (Å²) < 4.78 is 1.78. The van der Waals surface area contributed by atoms with Crippen LogP contribution in [0.5, 0.6) is 0 Å². The van der Waals surface area contributed by atoms with Crippen LogP contribution in [0, 0.1) is 5.92 Å². The molecule has 0 aliphatic carbocycles. The van der Waals surface area contributed by atoms with Gasteiger partial charge in [-0.05, 0) is 76.2 Å². The van der Waals surface area contributed by atoms with Crippen LogP contribution in [0.3, 0.4) is 0 Å². The Balaban J connectivity index is 1.21. The summed E-state index contributed by atoms with van der Waals surface area (Å²) >= 11 is 0. The van der Waals surface area contributed by atoms with Crippen LogP contribution < -0.4 is 5.32 Å². The Morgan fingerprint density at radius 1 is 1.07 bits per heavy atom. The van der Waals surface area contributed by atoms with Crippen molar-refractivity contribution in [3.63, 3.8) is 0 Å². The highest BCUT2D eigenvalue weighted by molar-refractivity contribution is 5.88. The van der Waals surface area contributed by atoms with Crippen LogP contribution >= 0.6 is 0 Å². The van der Waals surface area contributed by atoms with E-state index in [9.17, 15) is 4.79 Å². The number of pyridine rings is 1. The zero-order valence-electron chi connectivity index (χ0n) is 17.2. The topological polar surface area (TPSA) is 66.3 Å². The van der Waals surface area contributed by atoms with Gasteiger partial charge in [-0.15, -0.1) is 0 Å². The van der Waals surface area contributed by atoms with Crippen LogP contribution in [0.1, 0.15) is 44.2 Å². The van der Waals surface area contributed by atoms with Crippen LogP contribution in [0.15, 0.2) is 36.7 Å². The quantitative estimate of drug-likeness (QED) is 0.778. The SMILES string of the molecule is O=C(Nc1ccnn1Cc1ccccn1)N1CCC(CCCN2CCCC2)CC1. The van der Waals surface area contributed by atoms with Crippen LogP contribution in [-0.4, -0.2) is 63.3 Å². The molecule has 2 aromatic rings. The third kappa shape index (κ3) is 5.56. The molecule has 7 heteroatoms. The molecule has 0 atom stereocenters. The van der Waals surface area contributed by atoms with Crippen LogP contribution in [0.4, 0.5) is 10.6 Å². The number of rotatable bonds is 7. The summed E-state index contributed by atoms with van der Waals surface area (Å²) in [5, 5.41) is 7.36. The summed E-state index contributed by atoms with van der Waals surface area (Å²) in [6.07, 6.45) is 11.0. The van der Waals surface area contributed by atoms with E-state index in [4.69, 9.17) is 0 Å². The van der Waals surface area contributed by atoms with Gasteiger partial charge < -0.3 is 9.80 Å². The molecule has 2 saturated heterocycles. The number of carbonyl (C=O) groups is 1. The van der Waals surface area contributed by atoms with Gasteiger partial charge in [0, 0.05) is 25.4 Å². The minimum atomic E-state index is -0.0247. The highest BCUT2D eigenvalue weighted by Gasteiger charge is 2.23. The molecule has 2 aliphatic rings. The van der Waals surface area contributed by atoms with Gasteiger partial charge in [-0.2, -0.15) is 5.10 Å². The molecule has 29 heavy (non-hydrogen) atoms. The van der Waals surface area contributed by atoms with Crippen LogP contribution in [0.25, 0.3) is 0 Å². The normalized spacial score (nSPS) is 18.3. The highest BCUT2D eigenvalue weighted by Crippen LogP contribution is 2.23. The maximum atomic E-state index is 12.7. The number of likely N-dealkylation sites (tertiary alicyclic amines) is 2. The molecule has 7 nitrogen and oxygen atoms in total. The summed E-state index contributed by atoms with van der Waals surface area (Å²) in [7, 11) is 0. The molecule has 0 spiro atoms. The average Bonchev–Trinajstić information content (AvgIpc) is 3.42. The molecule has 0 bridgehead atoms. The molecule has 2 aromatic heterocycles. The summed E-state index contributed by atoms with van der Waals surface area (Å²) in [6.45, 7) is 6.05. The molecule has 4 heterocycles. The van der Waals surface area contributed by atoms with Gasteiger partial charge in [0.25, 0.3) is 0 Å². The predicted molar refractivity (Wildman–Crippen MR) is 114 cm³/mol. The third-order valence-corrected chi connectivity index (χ3v) is 6.18. The minimum Gasteiger partial charge on any atom is -0.324 e. The maximum Gasteiger partial charge on any atom is 0.322 e. The second-order valence-electron chi connectivity index (χ2n) is 8.25. The van der Waals surface area contributed by atoms with Crippen molar-refractivity contribution < 1.29 is 4.79 Å².